The molecule has 0 unspecified atom stereocenters. The van der Waals surface area contributed by atoms with E-state index in [4.69, 9.17) is 0 Å². The lowest BCUT2D eigenvalue weighted by molar-refractivity contribution is 0.112. The second-order valence-corrected chi connectivity index (χ2v) is 5.27. The molecule has 0 spiro atoms. The van der Waals surface area contributed by atoms with Crippen molar-refractivity contribution in [1.29, 1.82) is 0 Å². The Balaban J connectivity index is 2.26. The van der Waals surface area contributed by atoms with Crippen LogP contribution >= 0.6 is 11.3 Å². The second-order valence-electron chi connectivity index (χ2n) is 4.11. The number of aryl methyl sites for hydroxylation is 3. The number of fused-ring (bicyclic) bond motifs is 3. The number of aromatic nitrogens is 2. The largest absolute Gasteiger partial charge is 0.297 e. The predicted molar refractivity (Wildman–Crippen MR) is 64.0 cm³/mol. The summed E-state index contributed by atoms with van der Waals surface area (Å²) in [6.07, 6.45) is 4.99. The molecular formula is C12H12N2OS. The van der Waals surface area contributed by atoms with Crippen molar-refractivity contribution in [2.45, 2.75) is 26.3 Å². The van der Waals surface area contributed by atoms with Crippen LogP contribution in [-0.2, 0) is 13.0 Å². The van der Waals surface area contributed by atoms with Gasteiger partial charge in [0.2, 0.25) is 0 Å². The van der Waals surface area contributed by atoms with E-state index in [0.29, 0.717) is 0 Å². The lowest BCUT2D eigenvalue weighted by atomic mass is 10.1. The molecule has 16 heavy (non-hydrogen) atoms. The van der Waals surface area contributed by atoms with Gasteiger partial charge in [0.15, 0.2) is 6.29 Å². The number of carbonyl (C=O) groups is 1. The number of nitrogens with zero attached hydrogens (tertiary/aromatic N) is 2. The zero-order valence-electron chi connectivity index (χ0n) is 9.06. The van der Waals surface area contributed by atoms with Crippen molar-refractivity contribution in [3.8, 4) is 11.3 Å². The highest BCUT2D eigenvalue weighted by Crippen LogP contribution is 2.35. The van der Waals surface area contributed by atoms with E-state index in [1.807, 2.05) is 12.3 Å². The van der Waals surface area contributed by atoms with Gasteiger partial charge in [-0.1, -0.05) is 0 Å². The molecule has 3 nitrogen and oxygen atoms in total. The van der Waals surface area contributed by atoms with Crippen molar-refractivity contribution >= 4 is 17.6 Å². The molecule has 4 heteroatoms. The van der Waals surface area contributed by atoms with Gasteiger partial charge >= 0.3 is 0 Å². The fourth-order valence-electron chi connectivity index (χ4n) is 2.28. The molecule has 0 aromatic carbocycles. The summed E-state index contributed by atoms with van der Waals surface area (Å²) in [7, 11) is 0. The first-order valence-corrected chi connectivity index (χ1v) is 6.22. The third kappa shape index (κ3) is 1.33. The maximum Gasteiger partial charge on any atom is 0.160 e. The first-order valence-electron chi connectivity index (χ1n) is 5.40. The molecule has 0 saturated heterocycles. The van der Waals surface area contributed by atoms with E-state index in [2.05, 4.69) is 16.7 Å². The minimum atomic E-state index is 0.819. The van der Waals surface area contributed by atoms with E-state index in [1.54, 1.807) is 11.3 Å². The minimum Gasteiger partial charge on any atom is -0.297 e. The van der Waals surface area contributed by atoms with E-state index in [1.165, 1.54) is 21.7 Å². The van der Waals surface area contributed by atoms with Crippen molar-refractivity contribution in [1.82, 2.24) is 9.78 Å². The van der Waals surface area contributed by atoms with Crippen LogP contribution in [0.25, 0.3) is 11.3 Å². The highest BCUT2D eigenvalue weighted by atomic mass is 32.1. The van der Waals surface area contributed by atoms with Gasteiger partial charge < -0.3 is 0 Å². The number of hydrogen-bond acceptors (Lipinski definition) is 3. The molecule has 3 rings (SSSR count). The molecule has 0 saturated carbocycles. The van der Waals surface area contributed by atoms with Crippen molar-refractivity contribution in [3.05, 3.63) is 27.6 Å². The fraction of sp³-hybridized carbons (Fsp3) is 0.333. The third-order valence-electron chi connectivity index (χ3n) is 3.00. The second kappa shape index (κ2) is 3.56. The molecule has 0 radical (unpaired) electrons. The number of thiophene rings is 1. The Morgan fingerprint density at radius 3 is 3.25 bits per heavy atom. The van der Waals surface area contributed by atoms with Crippen LogP contribution in [0.15, 0.2) is 12.3 Å². The molecule has 82 valence electrons. The van der Waals surface area contributed by atoms with Crippen LogP contribution in [0.1, 0.15) is 26.5 Å². The molecule has 1 aliphatic heterocycles. The Kier molecular flexibility index (Phi) is 2.17. The van der Waals surface area contributed by atoms with Crippen LogP contribution in [0.3, 0.4) is 0 Å². The highest BCUT2D eigenvalue weighted by Gasteiger charge is 2.19. The van der Waals surface area contributed by atoms with Crippen LogP contribution in [0.5, 0.6) is 0 Å². The van der Waals surface area contributed by atoms with E-state index < -0.39 is 0 Å². The number of carbonyl (C=O) groups excluding carboxylic acids is 1. The van der Waals surface area contributed by atoms with Crippen molar-refractivity contribution in [2.75, 3.05) is 0 Å². The van der Waals surface area contributed by atoms with Crippen LogP contribution < -0.4 is 0 Å². The van der Waals surface area contributed by atoms with E-state index in [0.717, 1.165) is 30.5 Å². The number of aldehydes is 1. The molecule has 3 heterocycles. The normalized spacial score (nSPS) is 14.1. The predicted octanol–water partition coefficient (Wildman–Crippen LogP) is 2.68. The van der Waals surface area contributed by atoms with Gasteiger partial charge in [-0.2, -0.15) is 5.10 Å². The van der Waals surface area contributed by atoms with Crippen molar-refractivity contribution < 1.29 is 4.79 Å². The highest BCUT2D eigenvalue weighted by molar-refractivity contribution is 7.14. The van der Waals surface area contributed by atoms with E-state index in [-0.39, 0.29) is 0 Å². The molecule has 1 aliphatic rings. The van der Waals surface area contributed by atoms with Gasteiger partial charge in [0.25, 0.3) is 0 Å². The molecule has 0 N–H and O–H groups in total. The van der Waals surface area contributed by atoms with Crippen molar-refractivity contribution in [2.24, 2.45) is 0 Å². The Morgan fingerprint density at radius 1 is 1.56 bits per heavy atom. The molecule has 0 aliphatic carbocycles. The summed E-state index contributed by atoms with van der Waals surface area (Å²) in [5, 5.41) is 4.38. The molecule has 0 atom stereocenters. The van der Waals surface area contributed by atoms with Gasteiger partial charge in [0.1, 0.15) is 0 Å². The third-order valence-corrected chi connectivity index (χ3v) is 4.12. The summed E-state index contributed by atoms with van der Waals surface area (Å²) in [6.45, 7) is 3.05. The van der Waals surface area contributed by atoms with E-state index >= 15 is 0 Å². The number of hydrogen-bond donors (Lipinski definition) is 0. The zero-order chi connectivity index (χ0) is 11.1. The molecule has 0 fully saturated rings. The standard InChI is InChI=1S/C12H12N2OS/c1-8-6-13-14-4-2-3-11-10(12(8)14)5-9(7-15)16-11/h5-7H,2-4H2,1H3. The van der Waals surface area contributed by atoms with Gasteiger partial charge in [0.05, 0.1) is 16.8 Å². The zero-order valence-corrected chi connectivity index (χ0v) is 9.88. The molecule has 2 aromatic heterocycles. The first-order chi connectivity index (χ1) is 7.79. The average Bonchev–Trinajstić information content (AvgIpc) is 2.79. The Morgan fingerprint density at radius 2 is 2.44 bits per heavy atom. The summed E-state index contributed by atoms with van der Waals surface area (Å²) in [6, 6.07) is 2.00. The van der Waals surface area contributed by atoms with E-state index in [9.17, 15) is 4.79 Å². The maximum atomic E-state index is 10.8. The summed E-state index contributed by atoms with van der Waals surface area (Å²) < 4.78 is 2.06. The van der Waals surface area contributed by atoms with Crippen LogP contribution in [0.2, 0.25) is 0 Å². The van der Waals surface area contributed by atoms with Crippen LogP contribution in [0, 0.1) is 6.92 Å². The SMILES string of the molecule is Cc1cnn2c1-c1cc(C=O)sc1CCC2. The summed E-state index contributed by atoms with van der Waals surface area (Å²) in [5.74, 6) is 0. The maximum absolute atomic E-state index is 10.8. The fourth-order valence-corrected chi connectivity index (χ4v) is 3.30. The molecule has 0 bridgehead atoms. The van der Waals surface area contributed by atoms with Gasteiger partial charge in [0, 0.05) is 17.0 Å². The first kappa shape index (κ1) is 9.78. The summed E-state index contributed by atoms with van der Waals surface area (Å²) >= 11 is 1.62. The lowest BCUT2D eigenvalue weighted by Gasteiger charge is -2.02. The minimum absolute atomic E-state index is 0.819. The molecular weight excluding hydrogens is 220 g/mol. The molecule has 2 aromatic rings. The summed E-state index contributed by atoms with van der Waals surface area (Å²) in [4.78, 5) is 13.0. The Labute approximate surface area is 97.7 Å². The van der Waals surface area contributed by atoms with Gasteiger partial charge in [-0.15, -0.1) is 11.3 Å². The van der Waals surface area contributed by atoms with Gasteiger partial charge in [-0.05, 0) is 31.4 Å². The lowest BCUT2D eigenvalue weighted by Crippen LogP contribution is -2.00. The summed E-state index contributed by atoms with van der Waals surface area (Å²) in [5.41, 5.74) is 3.59. The topological polar surface area (TPSA) is 34.9 Å². The average molecular weight is 232 g/mol. The quantitative estimate of drug-likeness (QED) is 0.708. The monoisotopic (exact) mass is 232 g/mol. The Hall–Kier alpha value is -1.42. The molecule has 0 amide bonds. The smallest absolute Gasteiger partial charge is 0.160 e. The van der Waals surface area contributed by atoms with Crippen LogP contribution in [-0.4, -0.2) is 16.1 Å². The van der Waals surface area contributed by atoms with Gasteiger partial charge in [-0.3, -0.25) is 9.48 Å². The van der Waals surface area contributed by atoms with Crippen molar-refractivity contribution in [3.63, 3.8) is 0 Å². The van der Waals surface area contributed by atoms with Crippen LogP contribution in [0.4, 0.5) is 0 Å². The van der Waals surface area contributed by atoms with Gasteiger partial charge in [-0.25, -0.2) is 0 Å². The Bertz CT molecular complexity index is 553. The number of rotatable bonds is 1.